The van der Waals surface area contributed by atoms with Crippen molar-refractivity contribution >= 4 is 27.5 Å². The Morgan fingerprint density at radius 3 is 2.07 bits per heavy atom. The number of carbonyl (C=O) groups is 2. The number of sulfonamides is 1. The molecule has 10 nitrogen and oxygen atoms in total. The van der Waals surface area contributed by atoms with E-state index in [1.165, 1.54) is 37.3 Å². The predicted octanol–water partition coefficient (Wildman–Crippen LogP) is 4.94. The van der Waals surface area contributed by atoms with Crippen LogP contribution < -0.4 is 23.8 Å². The molecule has 3 aromatic rings. The highest BCUT2D eigenvalue weighted by molar-refractivity contribution is 7.92. The van der Waals surface area contributed by atoms with Gasteiger partial charge in [-0.2, -0.15) is 0 Å². The van der Waals surface area contributed by atoms with Crippen LogP contribution in [-0.2, 0) is 26.2 Å². The molecule has 0 heterocycles. The van der Waals surface area contributed by atoms with E-state index < -0.39 is 34.1 Å². The molecule has 0 bridgehead atoms. The molecule has 3 rings (SSSR count). The first kappa shape index (κ1) is 34.2. The molecule has 0 aliphatic heterocycles. The number of aryl methyl sites for hydroxylation is 1. The average Bonchev–Trinajstić information content (AvgIpc) is 2.98. The Hall–Kier alpha value is -4.25. The number of hydrogen-bond donors (Lipinski definition) is 1. The molecule has 0 saturated carbocycles. The van der Waals surface area contributed by atoms with Crippen molar-refractivity contribution in [3.63, 3.8) is 0 Å². The maximum absolute atomic E-state index is 14.2. The lowest BCUT2D eigenvalue weighted by atomic mass is 10.1. The Kier molecular flexibility index (Phi) is 11.3. The van der Waals surface area contributed by atoms with Gasteiger partial charge in [0.1, 0.15) is 18.3 Å². The van der Waals surface area contributed by atoms with Crippen LogP contribution in [0.25, 0.3) is 0 Å². The number of anilines is 1. The third kappa shape index (κ3) is 8.66. The van der Waals surface area contributed by atoms with Gasteiger partial charge in [-0.1, -0.05) is 29.8 Å². The molecule has 0 spiro atoms. The smallest absolute Gasteiger partial charge is 0.264 e. The van der Waals surface area contributed by atoms with Crippen LogP contribution in [0.2, 0.25) is 0 Å². The third-order valence-corrected chi connectivity index (χ3v) is 8.57. The molecule has 1 atom stereocenters. The fourth-order valence-electron chi connectivity index (χ4n) is 4.46. The second-order valence-corrected chi connectivity index (χ2v) is 13.2. The van der Waals surface area contributed by atoms with Crippen LogP contribution >= 0.6 is 0 Å². The first-order valence-corrected chi connectivity index (χ1v) is 15.8. The van der Waals surface area contributed by atoms with Gasteiger partial charge in [-0.3, -0.25) is 13.9 Å². The van der Waals surface area contributed by atoms with Crippen LogP contribution in [0.3, 0.4) is 0 Å². The van der Waals surface area contributed by atoms with Crippen LogP contribution in [0.5, 0.6) is 17.2 Å². The molecule has 2 amide bonds. The topological polar surface area (TPSA) is 114 Å². The normalized spacial score (nSPS) is 12.2. The van der Waals surface area contributed by atoms with E-state index >= 15 is 0 Å². The SMILES string of the molecule is CCOc1ccc(N(CC(=O)N(Cc2ccc(C)cc2)[C@H](C)C(=O)NC(C)(C)C)S(=O)(=O)c2ccc(OC)c(OC)c2)cc1. The fourth-order valence-corrected chi connectivity index (χ4v) is 5.89. The van der Waals surface area contributed by atoms with Crippen LogP contribution in [-0.4, -0.2) is 64.1 Å². The number of hydrogen-bond acceptors (Lipinski definition) is 7. The van der Waals surface area contributed by atoms with Gasteiger partial charge in [0.25, 0.3) is 10.0 Å². The predicted molar refractivity (Wildman–Crippen MR) is 171 cm³/mol. The van der Waals surface area contributed by atoms with Crippen LogP contribution in [0.1, 0.15) is 45.7 Å². The van der Waals surface area contributed by atoms with Gasteiger partial charge in [-0.05, 0) is 83.5 Å². The number of rotatable bonds is 13. The molecule has 44 heavy (non-hydrogen) atoms. The first-order valence-electron chi connectivity index (χ1n) is 14.3. The van der Waals surface area contributed by atoms with E-state index in [2.05, 4.69) is 5.32 Å². The molecule has 11 heteroatoms. The Morgan fingerprint density at radius 1 is 0.909 bits per heavy atom. The van der Waals surface area contributed by atoms with Crippen molar-refractivity contribution in [3.8, 4) is 17.2 Å². The molecule has 1 N–H and O–H groups in total. The quantitative estimate of drug-likeness (QED) is 0.286. The number of nitrogens with one attached hydrogen (secondary N) is 1. The van der Waals surface area contributed by atoms with Crippen molar-refractivity contribution in [2.75, 3.05) is 31.7 Å². The fraction of sp³-hybridized carbons (Fsp3) is 0.394. The summed E-state index contributed by atoms with van der Waals surface area (Å²) in [6, 6.07) is 17.4. The lowest BCUT2D eigenvalue weighted by Crippen LogP contribution is -2.54. The van der Waals surface area contributed by atoms with E-state index in [9.17, 15) is 18.0 Å². The number of benzene rings is 3. The number of ether oxygens (including phenoxy) is 3. The summed E-state index contributed by atoms with van der Waals surface area (Å²) in [4.78, 5) is 28.7. The summed E-state index contributed by atoms with van der Waals surface area (Å²) in [5, 5.41) is 2.93. The number of carbonyl (C=O) groups excluding carboxylic acids is 2. The Balaban J connectivity index is 2.09. The van der Waals surface area contributed by atoms with Crippen LogP contribution in [0.15, 0.2) is 71.6 Å². The zero-order chi connectivity index (χ0) is 32.7. The monoisotopic (exact) mass is 625 g/mol. The summed E-state index contributed by atoms with van der Waals surface area (Å²) in [5.74, 6) is 0.228. The van der Waals surface area contributed by atoms with Gasteiger partial charge in [-0.25, -0.2) is 8.42 Å². The first-order chi connectivity index (χ1) is 20.7. The van der Waals surface area contributed by atoms with Crippen molar-refractivity contribution in [1.29, 1.82) is 0 Å². The molecular weight excluding hydrogens is 582 g/mol. The minimum absolute atomic E-state index is 0.0968. The van der Waals surface area contributed by atoms with Crippen molar-refractivity contribution in [1.82, 2.24) is 10.2 Å². The average molecular weight is 626 g/mol. The van der Waals surface area contributed by atoms with Crippen LogP contribution in [0, 0.1) is 6.92 Å². The molecular formula is C33H43N3O7S. The molecule has 3 aromatic carbocycles. The molecule has 238 valence electrons. The van der Waals surface area contributed by atoms with E-state index in [0.29, 0.717) is 18.1 Å². The number of nitrogens with zero attached hydrogens (tertiary/aromatic N) is 2. The highest BCUT2D eigenvalue weighted by atomic mass is 32.2. The lowest BCUT2D eigenvalue weighted by molar-refractivity contribution is -0.140. The second-order valence-electron chi connectivity index (χ2n) is 11.4. The Labute approximate surface area is 261 Å². The molecule has 0 unspecified atom stereocenters. The summed E-state index contributed by atoms with van der Waals surface area (Å²) < 4.78 is 45.6. The van der Waals surface area contributed by atoms with Gasteiger partial charge < -0.3 is 24.4 Å². The summed E-state index contributed by atoms with van der Waals surface area (Å²) in [6.45, 7) is 11.0. The summed E-state index contributed by atoms with van der Waals surface area (Å²) in [5.41, 5.74) is 1.57. The van der Waals surface area contributed by atoms with E-state index in [1.807, 2.05) is 58.9 Å². The number of amides is 2. The highest BCUT2D eigenvalue weighted by Crippen LogP contribution is 2.33. The Morgan fingerprint density at radius 2 is 1.52 bits per heavy atom. The summed E-state index contributed by atoms with van der Waals surface area (Å²) in [6.07, 6.45) is 0. The van der Waals surface area contributed by atoms with Gasteiger partial charge in [-0.15, -0.1) is 0 Å². The van der Waals surface area contributed by atoms with Gasteiger partial charge >= 0.3 is 0 Å². The van der Waals surface area contributed by atoms with Crippen molar-refractivity contribution < 1.29 is 32.2 Å². The molecule has 0 aliphatic carbocycles. The molecule has 0 radical (unpaired) electrons. The molecule has 0 aromatic heterocycles. The summed E-state index contributed by atoms with van der Waals surface area (Å²) >= 11 is 0. The molecule has 0 fully saturated rings. The lowest BCUT2D eigenvalue weighted by Gasteiger charge is -2.33. The Bertz CT molecular complexity index is 1530. The zero-order valence-electron chi connectivity index (χ0n) is 26.7. The second kappa shape index (κ2) is 14.5. The zero-order valence-corrected chi connectivity index (χ0v) is 27.5. The van der Waals surface area contributed by atoms with Gasteiger partial charge in [0.15, 0.2) is 11.5 Å². The largest absolute Gasteiger partial charge is 0.494 e. The number of methoxy groups -OCH3 is 2. The van der Waals surface area contributed by atoms with Crippen molar-refractivity contribution in [3.05, 3.63) is 77.9 Å². The van der Waals surface area contributed by atoms with E-state index in [4.69, 9.17) is 14.2 Å². The standard InChI is InChI=1S/C33H43N3O7S/c1-9-43-27-16-14-26(15-17-27)36(44(39,40)28-18-19-29(41-7)30(20-28)42-8)22-31(37)35(21-25-12-10-23(2)11-13-25)24(3)32(38)34-33(4,5)6/h10-20,24H,9,21-22H2,1-8H3,(H,34,38)/t24-/m1/s1. The van der Waals surface area contributed by atoms with E-state index in [-0.39, 0.29) is 28.8 Å². The summed E-state index contributed by atoms with van der Waals surface area (Å²) in [7, 11) is -1.44. The maximum Gasteiger partial charge on any atom is 0.264 e. The van der Waals surface area contributed by atoms with Gasteiger partial charge in [0.05, 0.1) is 31.4 Å². The molecule has 0 aliphatic rings. The van der Waals surface area contributed by atoms with E-state index in [0.717, 1.165) is 15.4 Å². The highest BCUT2D eigenvalue weighted by Gasteiger charge is 2.34. The third-order valence-electron chi connectivity index (χ3n) is 6.80. The van der Waals surface area contributed by atoms with Gasteiger partial charge in [0.2, 0.25) is 11.8 Å². The minimum atomic E-state index is -4.31. The van der Waals surface area contributed by atoms with E-state index in [1.54, 1.807) is 31.2 Å². The minimum Gasteiger partial charge on any atom is -0.494 e. The molecule has 0 saturated heterocycles. The van der Waals surface area contributed by atoms with Crippen LogP contribution in [0.4, 0.5) is 5.69 Å². The maximum atomic E-state index is 14.2. The van der Waals surface area contributed by atoms with Gasteiger partial charge in [0, 0.05) is 18.2 Å². The van der Waals surface area contributed by atoms with Crippen molar-refractivity contribution in [2.24, 2.45) is 0 Å². The van der Waals surface area contributed by atoms with Crippen molar-refractivity contribution in [2.45, 2.75) is 64.6 Å².